The van der Waals surface area contributed by atoms with Gasteiger partial charge in [0.25, 0.3) is 0 Å². The number of hydrogen-bond donors (Lipinski definition) is 2. The number of carboxylic acids is 1. The number of aryl methyl sites for hydroxylation is 1. The lowest BCUT2D eigenvalue weighted by Gasteiger charge is -2.16. The smallest absolute Gasteiger partial charge is 0.416 e. The van der Waals surface area contributed by atoms with E-state index in [4.69, 9.17) is 5.11 Å². The van der Waals surface area contributed by atoms with Gasteiger partial charge >= 0.3 is 12.1 Å². The molecule has 26 heavy (non-hydrogen) atoms. The minimum Gasteiger partial charge on any atom is -0.481 e. The van der Waals surface area contributed by atoms with Crippen LogP contribution >= 0.6 is 0 Å². The number of hydrogen-bond acceptors (Lipinski definition) is 2. The second-order valence-corrected chi connectivity index (χ2v) is 6.05. The quantitative estimate of drug-likeness (QED) is 0.803. The zero-order chi connectivity index (χ0) is 19.3. The van der Waals surface area contributed by atoms with Gasteiger partial charge in [0.15, 0.2) is 0 Å². The van der Waals surface area contributed by atoms with Crippen molar-refractivity contribution in [2.45, 2.75) is 25.9 Å². The van der Waals surface area contributed by atoms with Crippen molar-refractivity contribution in [2.75, 3.05) is 5.32 Å². The van der Waals surface area contributed by atoms with Crippen LogP contribution in [0.2, 0.25) is 0 Å². The van der Waals surface area contributed by atoms with Crippen molar-refractivity contribution in [3.63, 3.8) is 0 Å². The normalized spacial score (nSPS) is 12.5. The lowest BCUT2D eigenvalue weighted by Crippen LogP contribution is -2.27. The lowest BCUT2D eigenvalue weighted by atomic mass is 9.94. The standard InChI is InChI=1S/C19H18F3NO3/c1-12-5-7-13(8-6-12)9-14(10-17(24)25)18(26)23-16-4-2-3-15(11-16)19(20,21)22/h2-8,11,14H,9-10H2,1H3,(H,23,26)(H,24,25)/t14-/m0/s1. The monoisotopic (exact) mass is 365 g/mol. The molecular weight excluding hydrogens is 347 g/mol. The summed E-state index contributed by atoms with van der Waals surface area (Å²) < 4.78 is 38.3. The van der Waals surface area contributed by atoms with Crippen molar-refractivity contribution >= 4 is 17.6 Å². The Bertz CT molecular complexity index is 785. The highest BCUT2D eigenvalue weighted by Gasteiger charge is 2.31. The van der Waals surface area contributed by atoms with Crippen molar-refractivity contribution in [1.82, 2.24) is 0 Å². The van der Waals surface area contributed by atoms with E-state index in [9.17, 15) is 22.8 Å². The molecule has 2 aromatic rings. The molecule has 0 radical (unpaired) electrons. The Morgan fingerprint density at radius 2 is 1.77 bits per heavy atom. The first-order valence-electron chi connectivity index (χ1n) is 7.90. The Morgan fingerprint density at radius 1 is 1.12 bits per heavy atom. The molecular formula is C19H18F3NO3. The zero-order valence-electron chi connectivity index (χ0n) is 14.0. The molecule has 7 heteroatoms. The summed E-state index contributed by atoms with van der Waals surface area (Å²) in [6.07, 6.45) is -4.76. The minimum absolute atomic E-state index is 0.0240. The largest absolute Gasteiger partial charge is 0.481 e. The maximum absolute atomic E-state index is 12.8. The van der Waals surface area contributed by atoms with Gasteiger partial charge in [-0.05, 0) is 37.1 Å². The molecule has 0 saturated heterocycles. The molecule has 138 valence electrons. The summed E-state index contributed by atoms with van der Waals surface area (Å²) in [4.78, 5) is 23.5. The average molecular weight is 365 g/mol. The number of carbonyl (C=O) groups excluding carboxylic acids is 1. The van der Waals surface area contributed by atoms with Gasteiger partial charge in [-0.1, -0.05) is 35.9 Å². The molecule has 0 spiro atoms. The molecule has 0 unspecified atom stereocenters. The summed E-state index contributed by atoms with van der Waals surface area (Å²) in [6, 6.07) is 11.5. The van der Waals surface area contributed by atoms with Crippen LogP contribution in [0.4, 0.5) is 18.9 Å². The van der Waals surface area contributed by atoms with Gasteiger partial charge in [0.1, 0.15) is 0 Å². The Labute approximate surface area is 148 Å². The second-order valence-electron chi connectivity index (χ2n) is 6.05. The molecule has 0 aliphatic heterocycles. The van der Waals surface area contributed by atoms with Crippen LogP contribution in [0.3, 0.4) is 0 Å². The average Bonchev–Trinajstić information content (AvgIpc) is 2.55. The van der Waals surface area contributed by atoms with Gasteiger partial charge in [-0.2, -0.15) is 13.2 Å². The number of amides is 1. The number of aliphatic carboxylic acids is 1. The first kappa shape index (κ1) is 19.5. The fraction of sp³-hybridized carbons (Fsp3) is 0.263. The summed E-state index contributed by atoms with van der Waals surface area (Å²) in [6.45, 7) is 1.90. The molecule has 1 amide bonds. The molecule has 0 bridgehead atoms. The summed E-state index contributed by atoms with van der Waals surface area (Å²) in [7, 11) is 0. The van der Waals surface area contributed by atoms with Crippen molar-refractivity contribution in [3.05, 3.63) is 65.2 Å². The maximum Gasteiger partial charge on any atom is 0.416 e. The Hall–Kier alpha value is -2.83. The predicted octanol–water partition coefficient (Wildman–Crippen LogP) is 4.29. The van der Waals surface area contributed by atoms with Gasteiger partial charge in [0, 0.05) is 5.69 Å². The third-order valence-electron chi connectivity index (χ3n) is 3.85. The Kier molecular flexibility index (Phi) is 6.02. The number of nitrogens with one attached hydrogen (secondary N) is 1. The first-order chi connectivity index (χ1) is 12.1. The molecule has 2 aromatic carbocycles. The zero-order valence-corrected chi connectivity index (χ0v) is 14.0. The number of anilines is 1. The fourth-order valence-electron chi connectivity index (χ4n) is 2.49. The van der Waals surface area contributed by atoms with Gasteiger partial charge in [0.2, 0.25) is 5.91 Å². The number of carboxylic acid groups (broad SMARTS) is 1. The van der Waals surface area contributed by atoms with Crippen molar-refractivity contribution < 1.29 is 27.9 Å². The number of rotatable bonds is 6. The molecule has 0 aliphatic carbocycles. The van der Waals surface area contributed by atoms with Gasteiger partial charge in [-0.3, -0.25) is 9.59 Å². The van der Waals surface area contributed by atoms with Gasteiger partial charge in [-0.15, -0.1) is 0 Å². The summed E-state index contributed by atoms with van der Waals surface area (Å²) >= 11 is 0. The van der Waals surface area contributed by atoms with Crippen molar-refractivity contribution in [2.24, 2.45) is 5.92 Å². The number of carbonyl (C=O) groups is 2. The highest BCUT2D eigenvalue weighted by molar-refractivity contribution is 5.94. The predicted molar refractivity (Wildman–Crippen MR) is 90.7 cm³/mol. The lowest BCUT2D eigenvalue weighted by molar-refractivity contribution is -0.140. The van der Waals surface area contributed by atoms with E-state index in [-0.39, 0.29) is 12.1 Å². The van der Waals surface area contributed by atoms with E-state index in [1.54, 1.807) is 12.1 Å². The van der Waals surface area contributed by atoms with Crippen LogP contribution in [-0.2, 0) is 22.2 Å². The van der Waals surface area contributed by atoms with Crippen LogP contribution in [0.15, 0.2) is 48.5 Å². The summed E-state index contributed by atoms with van der Waals surface area (Å²) in [5.74, 6) is -2.68. The molecule has 2 rings (SSSR count). The van der Waals surface area contributed by atoms with E-state index >= 15 is 0 Å². The molecule has 1 atom stereocenters. The van der Waals surface area contributed by atoms with E-state index in [0.29, 0.717) is 0 Å². The Morgan fingerprint density at radius 3 is 2.35 bits per heavy atom. The molecule has 0 heterocycles. The van der Waals surface area contributed by atoms with E-state index in [1.807, 2.05) is 19.1 Å². The van der Waals surface area contributed by atoms with E-state index < -0.39 is 36.0 Å². The van der Waals surface area contributed by atoms with Gasteiger partial charge in [-0.25, -0.2) is 0 Å². The van der Waals surface area contributed by atoms with E-state index in [2.05, 4.69) is 5.32 Å². The summed E-state index contributed by atoms with van der Waals surface area (Å²) in [5.41, 5.74) is 0.894. The highest BCUT2D eigenvalue weighted by Crippen LogP contribution is 2.30. The highest BCUT2D eigenvalue weighted by atomic mass is 19.4. The molecule has 0 fully saturated rings. The summed E-state index contributed by atoms with van der Waals surface area (Å²) in [5, 5.41) is 11.4. The number of halogens is 3. The SMILES string of the molecule is Cc1ccc(C[C@@H](CC(=O)O)C(=O)Nc2cccc(C(F)(F)F)c2)cc1. The molecule has 0 aliphatic rings. The van der Waals surface area contributed by atoms with Crippen LogP contribution in [0.5, 0.6) is 0 Å². The van der Waals surface area contributed by atoms with Crippen LogP contribution < -0.4 is 5.32 Å². The van der Waals surface area contributed by atoms with E-state index in [0.717, 1.165) is 23.3 Å². The first-order valence-corrected chi connectivity index (χ1v) is 7.90. The van der Waals surface area contributed by atoms with Crippen LogP contribution in [0.25, 0.3) is 0 Å². The van der Waals surface area contributed by atoms with Gasteiger partial charge < -0.3 is 10.4 Å². The fourth-order valence-corrected chi connectivity index (χ4v) is 2.49. The third kappa shape index (κ3) is 5.61. The van der Waals surface area contributed by atoms with E-state index in [1.165, 1.54) is 12.1 Å². The maximum atomic E-state index is 12.8. The van der Waals surface area contributed by atoms with Crippen LogP contribution in [-0.4, -0.2) is 17.0 Å². The molecule has 0 saturated carbocycles. The van der Waals surface area contributed by atoms with Crippen molar-refractivity contribution in [3.8, 4) is 0 Å². The second kappa shape index (κ2) is 8.03. The molecule has 0 aromatic heterocycles. The van der Waals surface area contributed by atoms with Crippen LogP contribution in [0.1, 0.15) is 23.1 Å². The molecule has 2 N–H and O–H groups in total. The number of alkyl halides is 3. The molecule has 4 nitrogen and oxygen atoms in total. The third-order valence-corrected chi connectivity index (χ3v) is 3.85. The van der Waals surface area contributed by atoms with Gasteiger partial charge in [0.05, 0.1) is 17.9 Å². The van der Waals surface area contributed by atoms with Crippen molar-refractivity contribution in [1.29, 1.82) is 0 Å². The Balaban J connectivity index is 2.16. The topological polar surface area (TPSA) is 66.4 Å². The minimum atomic E-state index is -4.52. The number of benzene rings is 2. The van der Waals surface area contributed by atoms with Crippen LogP contribution in [0, 0.1) is 12.8 Å².